The number of aliphatic carboxylic acids is 1. The fourth-order valence-corrected chi connectivity index (χ4v) is 4.67. The second kappa shape index (κ2) is 8.26. The van der Waals surface area contributed by atoms with Gasteiger partial charge in [0, 0.05) is 6.54 Å². The molecule has 2 aromatic rings. The van der Waals surface area contributed by atoms with Crippen molar-refractivity contribution in [2.75, 3.05) is 6.54 Å². The van der Waals surface area contributed by atoms with E-state index in [4.69, 9.17) is 4.74 Å². The zero-order chi connectivity index (χ0) is 20.3. The third kappa shape index (κ3) is 4.49. The first-order valence-electron chi connectivity index (χ1n) is 8.67. The van der Waals surface area contributed by atoms with Crippen molar-refractivity contribution in [1.29, 1.82) is 0 Å². The lowest BCUT2D eigenvalue weighted by Crippen LogP contribution is -2.51. The van der Waals surface area contributed by atoms with E-state index < -0.39 is 28.1 Å². The molecule has 2 aromatic carbocycles. The van der Waals surface area contributed by atoms with Gasteiger partial charge in [-0.25, -0.2) is 12.8 Å². The van der Waals surface area contributed by atoms with Crippen molar-refractivity contribution in [3.63, 3.8) is 0 Å². The zero-order valence-corrected chi connectivity index (χ0v) is 15.7. The maximum atomic E-state index is 12.9. The topological polar surface area (TPSA) is 104 Å². The van der Waals surface area contributed by atoms with Gasteiger partial charge in [0.2, 0.25) is 10.0 Å². The summed E-state index contributed by atoms with van der Waals surface area (Å²) >= 11 is 0. The van der Waals surface area contributed by atoms with Crippen molar-refractivity contribution in [3.8, 4) is 5.75 Å². The molecule has 9 heteroatoms. The SMILES string of the molecule is O=C(O)[C@H]1CC[C@@H](O)CN1S(=O)(=O)c1ccc(OCc2ccc(F)cc2)cc1. The first-order valence-corrected chi connectivity index (χ1v) is 10.1. The van der Waals surface area contributed by atoms with Crippen LogP contribution in [0.15, 0.2) is 53.4 Å². The van der Waals surface area contributed by atoms with Crippen LogP contribution < -0.4 is 4.74 Å². The van der Waals surface area contributed by atoms with Crippen molar-refractivity contribution in [1.82, 2.24) is 4.31 Å². The number of carboxylic acid groups (broad SMARTS) is 1. The van der Waals surface area contributed by atoms with Gasteiger partial charge in [0.25, 0.3) is 0 Å². The Kier molecular flexibility index (Phi) is 5.97. The van der Waals surface area contributed by atoms with Crippen molar-refractivity contribution < 1.29 is 32.6 Å². The molecular weight excluding hydrogens is 389 g/mol. The molecule has 28 heavy (non-hydrogen) atoms. The molecule has 0 aliphatic carbocycles. The Morgan fingerprint density at radius 2 is 1.75 bits per heavy atom. The van der Waals surface area contributed by atoms with Crippen LogP contribution in [0.25, 0.3) is 0 Å². The molecule has 0 amide bonds. The van der Waals surface area contributed by atoms with Crippen LogP contribution in [0.1, 0.15) is 18.4 Å². The van der Waals surface area contributed by atoms with E-state index in [1.165, 1.54) is 36.4 Å². The van der Waals surface area contributed by atoms with Gasteiger partial charge in [-0.3, -0.25) is 4.79 Å². The van der Waals surface area contributed by atoms with Crippen molar-refractivity contribution >= 4 is 16.0 Å². The summed E-state index contributed by atoms with van der Waals surface area (Å²) in [5.74, 6) is -1.17. The average molecular weight is 409 g/mol. The fourth-order valence-electron chi connectivity index (χ4n) is 3.02. The van der Waals surface area contributed by atoms with E-state index in [2.05, 4.69) is 0 Å². The van der Waals surface area contributed by atoms with Crippen LogP contribution in [-0.4, -0.2) is 47.6 Å². The van der Waals surface area contributed by atoms with E-state index in [0.29, 0.717) is 5.75 Å². The number of aliphatic hydroxyl groups is 1. The van der Waals surface area contributed by atoms with E-state index >= 15 is 0 Å². The normalized spacial score (nSPS) is 20.6. The number of halogens is 1. The summed E-state index contributed by atoms with van der Waals surface area (Å²) in [6.45, 7) is -0.0755. The summed E-state index contributed by atoms with van der Waals surface area (Å²) in [6.07, 6.45) is -0.614. The van der Waals surface area contributed by atoms with Gasteiger partial charge in [-0.05, 0) is 54.8 Å². The van der Waals surface area contributed by atoms with Gasteiger partial charge in [0.05, 0.1) is 11.0 Å². The number of benzene rings is 2. The van der Waals surface area contributed by atoms with E-state index in [1.54, 1.807) is 12.1 Å². The van der Waals surface area contributed by atoms with Gasteiger partial charge in [0.1, 0.15) is 24.2 Å². The highest BCUT2D eigenvalue weighted by molar-refractivity contribution is 7.89. The molecule has 1 saturated heterocycles. The standard InChI is InChI=1S/C19H20FNO6S/c20-14-3-1-13(2-4-14)12-27-16-6-8-17(9-7-16)28(25,26)21-11-15(22)5-10-18(21)19(23)24/h1-4,6-9,15,18,22H,5,10-12H2,(H,23,24)/t15-,18-/m1/s1. The van der Waals surface area contributed by atoms with E-state index in [-0.39, 0.29) is 36.7 Å². The number of rotatable bonds is 6. The van der Waals surface area contributed by atoms with Crippen LogP contribution in [0.3, 0.4) is 0 Å². The van der Waals surface area contributed by atoms with E-state index in [9.17, 15) is 27.8 Å². The van der Waals surface area contributed by atoms with Crippen LogP contribution in [0.4, 0.5) is 4.39 Å². The molecule has 1 aliphatic rings. The molecule has 0 spiro atoms. The highest BCUT2D eigenvalue weighted by atomic mass is 32.2. The monoisotopic (exact) mass is 409 g/mol. The third-order valence-electron chi connectivity index (χ3n) is 4.55. The number of carboxylic acids is 1. The highest BCUT2D eigenvalue weighted by Gasteiger charge is 2.40. The van der Waals surface area contributed by atoms with Gasteiger partial charge in [0.15, 0.2) is 0 Å². The Bertz CT molecular complexity index is 930. The second-order valence-electron chi connectivity index (χ2n) is 6.55. The molecule has 7 nitrogen and oxygen atoms in total. The molecule has 0 saturated carbocycles. The smallest absolute Gasteiger partial charge is 0.322 e. The second-order valence-corrected chi connectivity index (χ2v) is 8.44. The maximum absolute atomic E-state index is 12.9. The summed E-state index contributed by atoms with van der Waals surface area (Å²) in [5.41, 5.74) is 0.754. The molecule has 0 unspecified atom stereocenters. The van der Waals surface area contributed by atoms with Gasteiger partial charge in [-0.2, -0.15) is 4.31 Å². The molecule has 1 aliphatic heterocycles. The number of β-amino-alcohol motifs (C(OH)–C–C–N with tert-alkyl or cyclic N) is 1. The fraction of sp³-hybridized carbons (Fsp3) is 0.316. The Morgan fingerprint density at radius 3 is 2.36 bits per heavy atom. The maximum Gasteiger partial charge on any atom is 0.322 e. The minimum Gasteiger partial charge on any atom is -0.489 e. The minimum absolute atomic E-state index is 0.0502. The van der Waals surface area contributed by atoms with Crippen LogP contribution in [0, 0.1) is 5.82 Å². The summed E-state index contributed by atoms with van der Waals surface area (Å²) in [4.78, 5) is 11.3. The largest absolute Gasteiger partial charge is 0.489 e. The average Bonchev–Trinajstić information content (AvgIpc) is 2.67. The lowest BCUT2D eigenvalue weighted by Gasteiger charge is -2.34. The van der Waals surface area contributed by atoms with Crippen LogP contribution in [-0.2, 0) is 21.4 Å². The quantitative estimate of drug-likeness (QED) is 0.756. The molecule has 2 atom stereocenters. The van der Waals surface area contributed by atoms with Crippen molar-refractivity contribution in [2.24, 2.45) is 0 Å². The van der Waals surface area contributed by atoms with Gasteiger partial charge >= 0.3 is 5.97 Å². The molecule has 2 N–H and O–H groups in total. The van der Waals surface area contributed by atoms with Crippen LogP contribution >= 0.6 is 0 Å². The third-order valence-corrected chi connectivity index (χ3v) is 6.43. The summed E-state index contributed by atoms with van der Waals surface area (Å²) < 4.78 is 45.0. The summed E-state index contributed by atoms with van der Waals surface area (Å²) in [5, 5.41) is 19.1. The molecule has 0 radical (unpaired) electrons. The molecule has 3 rings (SSSR count). The number of nitrogens with zero attached hydrogens (tertiary/aromatic N) is 1. The Morgan fingerprint density at radius 1 is 1.11 bits per heavy atom. The first-order chi connectivity index (χ1) is 13.3. The van der Waals surface area contributed by atoms with Gasteiger partial charge in [-0.1, -0.05) is 12.1 Å². The Balaban J connectivity index is 1.73. The van der Waals surface area contributed by atoms with Crippen molar-refractivity contribution in [2.45, 2.75) is 36.5 Å². The minimum atomic E-state index is -4.08. The first kappa shape index (κ1) is 20.2. The van der Waals surface area contributed by atoms with Crippen LogP contribution in [0.2, 0.25) is 0 Å². The summed E-state index contributed by atoms with van der Waals surface area (Å²) in [7, 11) is -4.08. The summed E-state index contributed by atoms with van der Waals surface area (Å²) in [6, 6.07) is 10.2. The lowest BCUT2D eigenvalue weighted by molar-refractivity contribution is -0.143. The number of sulfonamides is 1. The predicted molar refractivity (Wildman–Crippen MR) is 97.7 cm³/mol. The molecule has 150 valence electrons. The molecule has 0 bridgehead atoms. The van der Waals surface area contributed by atoms with Crippen LogP contribution in [0.5, 0.6) is 5.75 Å². The van der Waals surface area contributed by atoms with E-state index in [1.807, 2.05) is 0 Å². The Hall–Kier alpha value is -2.49. The lowest BCUT2D eigenvalue weighted by atomic mass is 10.0. The number of hydrogen-bond donors (Lipinski definition) is 2. The Labute approximate surface area is 162 Å². The number of carbonyl (C=O) groups is 1. The van der Waals surface area contributed by atoms with Gasteiger partial charge in [-0.15, -0.1) is 0 Å². The highest BCUT2D eigenvalue weighted by Crippen LogP contribution is 2.27. The number of hydrogen-bond acceptors (Lipinski definition) is 5. The molecule has 0 aromatic heterocycles. The predicted octanol–water partition coefficient (Wildman–Crippen LogP) is 2.00. The van der Waals surface area contributed by atoms with Crippen molar-refractivity contribution in [3.05, 3.63) is 59.9 Å². The molecular formula is C19H20FNO6S. The zero-order valence-electron chi connectivity index (χ0n) is 14.9. The molecule has 1 fully saturated rings. The number of ether oxygens (including phenoxy) is 1. The number of piperidine rings is 1. The van der Waals surface area contributed by atoms with Gasteiger partial charge < -0.3 is 14.9 Å². The number of aliphatic hydroxyl groups excluding tert-OH is 1. The van der Waals surface area contributed by atoms with E-state index in [0.717, 1.165) is 9.87 Å². The molecule has 1 heterocycles.